The number of aryl methyl sites for hydroxylation is 2. The van der Waals surface area contributed by atoms with Gasteiger partial charge in [0.1, 0.15) is 11.5 Å². The maximum atomic E-state index is 12.1. The summed E-state index contributed by atoms with van der Waals surface area (Å²) in [7, 11) is 1.76. The van der Waals surface area contributed by atoms with E-state index in [4.69, 9.17) is 0 Å². The number of fused-ring (bicyclic) bond motifs is 1. The van der Waals surface area contributed by atoms with Gasteiger partial charge in [0.25, 0.3) is 5.91 Å². The van der Waals surface area contributed by atoms with Gasteiger partial charge in [0.2, 0.25) is 0 Å². The van der Waals surface area contributed by atoms with E-state index in [2.05, 4.69) is 20.6 Å². The van der Waals surface area contributed by atoms with Gasteiger partial charge in [-0.1, -0.05) is 6.07 Å². The summed E-state index contributed by atoms with van der Waals surface area (Å²) in [5, 5.41) is 15.2. The number of pyridine rings is 1. The molecular weight excluding hydrogens is 268 g/mol. The SMILES string of the molecule is Cc1cc(C(=O)NCCc2nnc3ccccn23)n(C)n1. The molecule has 108 valence electrons. The molecule has 0 aliphatic rings. The molecular formula is C14H16N6O. The number of nitrogens with zero attached hydrogens (tertiary/aromatic N) is 5. The molecule has 3 aromatic rings. The molecule has 21 heavy (non-hydrogen) atoms. The Labute approximate surface area is 121 Å². The highest BCUT2D eigenvalue weighted by Gasteiger charge is 2.11. The number of hydrogen-bond acceptors (Lipinski definition) is 4. The summed E-state index contributed by atoms with van der Waals surface area (Å²) in [5.41, 5.74) is 2.19. The lowest BCUT2D eigenvalue weighted by Gasteiger charge is -2.04. The first kappa shape index (κ1) is 13.3. The molecule has 0 radical (unpaired) electrons. The van der Waals surface area contributed by atoms with E-state index in [1.54, 1.807) is 17.8 Å². The van der Waals surface area contributed by atoms with Crippen molar-refractivity contribution >= 4 is 11.6 Å². The fourth-order valence-corrected chi connectivity index (χ4v) is 2.26. The molecule has 0 saturated heterocycles. The maximum absolute atomic E-state index is 12.1. The minimum absolute atomic E-state index is 0.132. The summed E-state index contributed by atoms with van der Waals surface area (Å²) < 4.78 is 3.50. The molecule has 0 spiro atoms. The Morgan fingerprint density at radius 2 is 2.19 bits per heavy atom. The van der Waals surface area contributed by atoms with Crippen LogP contribution in [-0.2, 0) is 13.5 Å². The predicted molar refractivity (Wildman–Crippen MR) is 77.0 cm³/mol. The molecule has 0 aromatic carbocycles. The third-order valence-corrected chi connectivity index (χ3v) is 3.25. The van der Waals surface area contributed by atoms with Gasteiger partial charge >= 0.3 is 0 Å². The van der Waals surface area contributed by atoms with E-state index in [0.717, 1.165) is 17.2 Å². The van der Waals surface area contributed by atoms with Gasteiger partial charge in [-0.25, -0.2) is 0 Å². The Balaban J connectivity index is 1.64. The van der Waals surface area contributed by atoms with Crippen LogP contribution in [-0.4, -0.2) is 36.8 Å². The summed E-state index contributed by atoms with van der Waals surface area (Å²) in [6, 6.07) is 7.51. The lowest BCUT2D eigenvalue weighted by atomic mass is 10.3. The standard InChI is InChI=1S/C14H16N6O/c1-10-9-11(19(2)18-10)14(21)15-7-6-13-17-16-12-5-3-4-8-20(12)13/h3-5,8-9H,6-7H2,1-2H3,(H,15,21). The number of rotatable bonds is 4. The Kier molecular flexibility index (Phi) is 3.39. The second kappa shape index (κ2) is 5.35. The zero-order chi connectivity index (χ0) is 14.8. The Morgan fingerprint density at radius 1 is 1.33 bits per heavy atom. The van der Waals surface area contributed by atoms with Gasteiger partial charge in [0, 0.05) is 26.2 Å². The van der Waals surface area contributed by atoms with Gasteiger partial charge in [-0.3, -0.25) is 13.9 Å². The normalized spacial score (nSPS) is 11.0. The van der Waals surface area contributed by atoms with Crippen LogP contribution >= 0.6 is 0 Å². The highest BCUT2D eigenvalue weighted by molar-refractivity contribution is 5.92. The minimum Gasteiger partial charge on any atom is -0.350 e. The molecule has 1 N–H and O–H groups in total. The molecule has 0 aliphatic carbocycles. The van der Waals surface area contributed by atoms with E-state index in [0.29, 0.717) is 18.7 Å². The van der Waals surface area contributed by atoms with Crippen molar-refractivity contribution in [1.82, 2.24) is 29.7 Å². The average Bonchev–Trinajstić information content (AvgIpc) is 3.02. The molecule has 1 amide bonds. The van der Waals surface area contributed by atoms with E-state index in [1.807, 2.05) is 35.7 Å². The summed E-state index contributed by atoms with van der Waals surface area (Å²) in [6.07, 6.45) is 2.53. The van der Waals surface area contributed by atoms with Gasteiger partial charge in [-0.15, -0.1) is 10.2 Å². The molecule has 0 saturated carbocycles. The highest BCUT2D eigenvalue weighted by atomic mass is 16.2. The van der Waals surface area contributed by atoms with E-state index < -0.39 is 0 Å². The molecule has 3 heterocycles. The van der Waals surface area contributed by atoms with Crippen molar-refractivity contribution in [3.63, 3.8) is 0 Å². The number of hydrogen-bond donors (Lipinski definition) is 1. The van der Waals surface area contributed by atoms with Crippen molar-refractivity contribution in [1.29, 1.82) is 0 Å². The lowest BCUT2D eigenvalue weighted by molar-refractivity contribution is 0.0944. The molecule has 0 bridgehead atoms. The minimum atomic E-state index is -0.132. The van der Waals surface area contributed by atoms with Crippen molar-refractivity contribution < 1.29 is 4.79 Å². The number of aromatic nitrogens is 5. The Morgan fingerprint density at radius 3 is 2.95 bits per heavy atom. The van der Waals surface area contributed by atoms with Crippen molar-refractivity contribution in [2.45, 2.75) is 13.3 Å². The van der Waals surface area contributed by atoms with Crippen molar-refractivity contribution in [2.75, 3.05) is 6.54 Å². The molecule has 0 atom stereocenters. The van der Waals surface area contributed by atoms with Crippen LogP contribution in [0.15, 0.2) is 30.5 Å². The van der Waals surface area contributed by atoms with Gasteiger partial charge in [-0.2, -0.15) is 5.10 Å². The van der Waals surface area contributed by atoms with Crippen LogP contribution in [0.4, 0.5) is 0 Å². The third kappa shape index (κ3) is 2.62. The van der Waals surface area contributed by atoms with Gasteiger partial charge in [0.05, 0.1) is 5.69 Å². The summed E-state index contributed by atoms with van der Waals surface area (Å²) in [5.74, 6) is 0.694. The van der Waals surface area contributed by atoms with Crippen LogP contribution in [0.5, 0.6) is 0 Å². The molecule has 7 nitrogen and oxygen atoms in total. The van der Waals surface area contributed by atoms with E-state index >= 15 is 0 Å². The van der Waals surface area contributed by atoms with Gasteiger partial charge in [0.15, 0.2) is 5.65 Å². The second-order valence-electron chi connectivity index (χ2n) is 4.85. The van der Waals surface area contributed by atoms with E-state index in [1.165, 1.54) is 0 Å². The fourth-order valence-electron chi connectivity index (χ4n) is 2.26. The fraction of sp³-hybridized carbons (Fsp3) is 0.286. The first-order chi connectivity index (χ1) is 10.1. The quantitative estimate of drug-likeness (QED) is 0.766. The van der Waals surface area contributed by atoms with Crippen LogP contribution in [0.3, 0.4) is 0 Å². The van der Waals surface area contributed by atoms with Crippen LogP contribution in [0.2, 0.25) is 0 Å². The molecule has 0 fully saturated rings. The van der Waals surface area contributed by atoms with Crippen molar-refractivity contribution in [3.05, 3.63) is 47.7 Å². The monoisotopic (exact) mass is 284 g/mol. The average molecular weight is 284 g/mol. The highest BCUT2D eigenvalue weighted by Crippen LogP contribution is 2.04. The van der Waals surface area contributed by atoms with Gasteiger partial charge < -0.3 is 5.32 Å². The smallest absolute Gasteiger partial charge is 0.269 e. The molecule has 0 unspecified atom stereocenters. The van der Waals surface area contributed by atoms with E-state index in [9.17, 15) is 4.79 Å². The number of nitrogens with one attached hydrogen (secondary N) is 1. The van der Waals surface area contributed by atoms with E-state index in [-0.39, 0.29) is 5.91 Å². The van der Waals surface area contributed by atoms with Gasteiger partial charge in [-0.05, 0) is 25.1 Å². The second-order valence-corrected chi connectivity index (χ2v) is 4.85. The number of amides is 1. The summed E-state index contributed by atoms with van der Waals surface area (Å²) >= 11 is 0. The number of carbonyl (C=O) groups excluding carboxylic acids is 1. The summed E-state index contributed by atoms with van der Waals surface area (Å²) in [4.78, 5) is 12.1. The van der Waals surface area contributed by atoms with Crippen LogP contribution < -0.4 is 5.32 Å². The molecule has 3 rings (SSSR count). The molecule has 3 aromatic heterocycles. The van der Waals surface area contributed by atoms with Crippen molar-refractivity contribution in [3.8, 4) is 0 Å². The van der Waals surface area contributed by atoms with Crippen molar-refractivity contribution in [2.24, 2.45) is 7.05 Å². The topological polar surface area (TPSA) is 77.1 Å². The van der Waals surface area contributed by atoms with Crippen LogP contribution in [0, 0.1) is 6.92 Å². The summed E-state index contributed by atoms with van der Waals surface area (Å²) in [6.45, 7) is 2.36. The predicted octanol–water partition coefficient (Wildman–Crippen LogP) is 0.744. The zero-order valence-electron chi connectivity index (χ0n) is 11.9. The maximum Gasteiger partial charge on any atom is 0.269 e. The third-order valence-electron chi connectivity index (χ3n) is 3.25. The first-order valence-corrected chi connectivity index (χ1v) is 6.72. The Bertz CT molecular complexity index is 788. The first-order valence-electron chi connectivity index (χ1n) is 6.72. The zero-order valence-corrected chi connectivity index (χ0v) is 11.9. The molecule has 7 heteroatoms. The van der Waals surface area contributed by atoms with Crippen LogP contribution in [0.1, 0.15) is 22.0 Å². The number of carbonyl (C=O) groups is 1. The molecule has 0 aliphatic heterocycles. The largest absolute Gasteiger partial charge is 0.350 e. The lowest BCUT2D eigenvalue weighted by Crippen LogP contribution is -2.28. The Hall–Kier alpha value is -2.70. The van der Waals surface area contributed by atoms with Crippen LogP contribution in [0.25, 0.3) is 5.65 Å².